The Kier molecular flexibility index (Phi) is 4.33. The van der Waals surface area contributed by atoms with E-state index >= 15 is 0 Å². The Hall–Kier alpha value is -3.12. The van der Waals surface area contributed by atoms with Crippen molar-refractivity contribution < 1.29 is 4.74 Å². The third kappa shape index (κ3) is 3.05. The Bertz CT molecular complexity index is 974. The van der Waals surface area contributed by atoms with Crippen molar-refractivity contribution in [1.29, 1.82) is 0 Å². The monoisotopic (exact) mass is 373 g/mol. The van der Waals surface area contributed by atoms with Crippen LogP contribution in [0.5, 0.6) is 5.75 Å². The van der Waals surface area contributed by atoms with Gasteiger partial charge in [0, 0.05) is 31.1 Å². The second kappa shape index (κ2) is 7.13. The zero-order valence-corrected chi connectivity index (χ0v) is 15.6. The van der Waals surface area contributed by atoms with Crippen LogP contribution in [0.3, 0.4) is 0 Å². The molecular formula is C22H23N5O. The summed E-state index contributed by atoms with van der Waals surface area (Å²) in [7, 11) is 0. The van der Waals surface area contributed by atoms with Crippen molar-refractivity contribution in [3.05, 3.63) is 77.6 Å². The molecule has 5 rings (SSSR count). The van der Waals surface area contributed by atoms with Crippen LogP contribution in [0.4, 0.5) is 11.6 Å². The number of anilines is 2. The number of nitrogens with one attached hydrogen (secondary N) is 1. The lowest BCUT2D eigenvalue weighted by molar-refractivity contribution is 0.306. The lowest BCUT2D eigenvalue weighted by Crippen LogP contribution is -2.57. The van der Waals surface area contributed by atoms with Crippen LogP contribution < -0.4 is 20.7 Å². The van der Waals surface area contributed by atoms with Gasteiger partial charge in [-0.3, -0.25) is 0 Å². The fourth-order valence-corrected chi connectivity index (χ4v) is 3.99. The molecule has 0 spiro atoms. The molecule has 1 aromatic heterocycles. The van der Waals surface area contributed by atoms with Crippen LogP contribution in [0.15, 0.2) is 60.9 Å². The van der Waals surface area contributed by atoms with E-state index in [0.29, 0.717) is 18.5 Å². The summed E-state index contributed by atoms with van der Waals surface area (Å²) < 4.78 is 6.03. The van der Waals surface area contributed by atoms with Crippen LogP contribution >= 0.6 is 0 Å². The van der Waals surface area contributed by atoms with Gasteiger partial charge in [-0.2, -0.15) is 0 Å². The van der Waals surface area contributed by atoms with Gasteiger partial charge in [0.25, 0.3) is 0 Å². The van der Waals surface area contributed by atoms with Gasteiger partial charge in [0.15, 0.2) is 0 Å². The molecule has 142 valence electrons. The third-order valence-electron chi connectivity index (χ3n) is 5.60. The van der Waals surface area contributed by atoms with Crippen LogP contribution in [-0.2, 0) is 6.61 Å². The second-order valence-corrected chi connectivity index (χ2v) is 7.36. The van der Waals surface area contributed by atoms with Crippen molar-refractivity contribution in [2.75, 3.05) is 30.3 Å². The standard InChI is InChI=1S/C22H23N5O/c23-21-20-19(12-27(17-10-24-11-17)22(20)26-14-25-21)16-7-4-8-18(9-16)28-13-15-5-2-1-3-6-15/h1-9,14,17,19,24H,10-13H2,(H2,23,25,26). The Balaban J connectivity index is 1.42. The van der Waals surface area contributed by atoms with Gasteiger partial charge < -0.3 is 20.7 Å². The van der Waals surface area contributed by atoms with Crippen LogP contribution in [0.1, 0.15) is 22.6 Å². The van der Waals surface area contributed by atoms with Gasteiger partial charge in [-0.15, -0.1) is 0 Å². The minimum Gasteiger partial charge on any atom is -0.489 e. The van der Waals surface area contributed by atoms with Crippen molar-refractivity contribution in [3.8, 4) is 5.75 Å². The minimum atomic E-state index is 0.150. The van der Waals surface area contributed by atoms with Gasteiger partial charge in [-0.05, 0) is 23.3 Å². The van der Waals surface area contributed by atoms with E-state index < -0.39 is 0 Å². The SMILES string of the molecule is Nc1ncnc2c1C(c1cccc(OCc3ccccc3)c1)CN2C1CNC1. The molecule has 0 amide bonds. The number of rotatable bonds is 5. The summed E-state index contributed by atoms with van der Waals surface area (Å²) in [6.45, 7) is 3.38. The molecule has 2 aliphatic rings. The van der Waals surface area contributed by atoms with Crippen molar-refractivity contribution >= 4 is 11.6 Å². The molecule has 0 radical (unpaired) electrons. The molecule has 1 atom stereocenters. The van der Waals surface area contributed by atoms with E-state index in [1.54, 1.807) is 6.33 Å². The average molecular weight is 373 g/mol. The highest BCUT2D eigenvalue weighted by Crippen LogP contribution is 2.43. The summed E-state index contributed by atoms with van der Waals surface area (Å²) in [4.78, 5) is 11.2. The lowest BCUT2D eigenvalue weighted by atomic mass is 9.94. The van der Waals surface area contributed by atoms with Crippen LogP contribution in [0, 0.1) is 0 Å². The van der Waals surface area contributed by atoms with Gasteiger partial charge in [-0.25, -0.2) is 9.97 Å². The van der Waals surface area contributed by atoms with Crippen LogP contribution in [0.2, 0.25) is 0 Å². The molecular weight excluding hydrogens is 350 g/mol. The smallest absolute Gasteiger partial charge is 0.138 e. The highest BCUT2D eigenvalue weighted by Gasteiger charge is 2.38. The number of ether oxygens (including phenoxy) is 1. The fourth-order valence-electron chi connectivity index (χ4n) is 3.99. The summed E-state index contributed by atoms with van der Waals surface area (Å²) in [5, 5.41) is 3.34. The van der Waals surface area contributed by atoms with Crippen molar-refractivity contribution in [2.45, 2.75) is 18.6 Å². The number of hydrogen-bond donors (Lipinski definition) is 2. The Morgan fingerprint density at radius 1 is 1.07 bits per heavy atom. The van der Waals surface area contributed by atoms with Gasteiger partial charge in [0.05, 0.1) is 6.04 Å². The molecule has 0 saturated carbocycles. The lowest BCUT2D eigenvalue weighted by Gasteiger charge is -2.37. The molecule has 28 heavy (non-hydrogen) atoms. The maximum atomic E-state index is 6.27. The number of nitrogens with two attached hydrogens (primary N) is 1. The second-order valence-electron chi connectivity index (χ2n) is 7.36. The summed E-state index contributed by atoms with van der Waals surface area (Å²) in [6.07, 6.45) is 1.56. The number of benzene rings is 2. The molecule has 0 bridgehead atoms. The van der Waals surface area contributed by atoms with Gasteiger partial charge >= 0.3 is 0 Å². The maximum Gasteiger partial charge on any atom is 0.138 e. The molecule has 1 fully saturated rings. The van der Waals surface area contributed by atoms with Crippen molar-refractivity contribution in [3.63, 3.8) is 0 Å². The first-order valence-electron chi connectivity index (χ1n) is 9.64. The number of nitrogens with zero attached hydrogens (tertiary/aromatic N) is 3. The highest BCUT2D eigenvalue weighted by atomic mass is 16.5. The summed E-state index contributed by atoms with van der Waals surface area (Å²) in [5.41, 5.74) is 9.64. The first-order valence-corrected chi connectivity index (χ1v) is 9.64. The maximum absolute atomic E-state index is 6.27. The molecule has 6 nitrogen and oxygen atoms in total. The summed E-state index contributed by atoms with van der Waals surface area (Å²) >= 11 is 0. The highest BCUT2D eigenvalue weighted by molar-refractivity contribution is 5.66. The molecule has 2 aliphatic heterocycles. The van der Waals surface area contributed by atoms with E-state index in [1.165, 1.54) is 5.56 Å². The molecule has 3 N–H and O–H groups in total. The van der Waals surface area contributed by atoms with E-state index in [9.17, 15) is 0 Å². The summed E-state index contributed by atoms with van der Waals surface area (Å²) in [5.74, 6) is 2.55. The average Bonchev–Trinajstić information content (AvgIpc) is 3.07. The first kappa shape index (κ1) is 17.0. The summed E-state index contributed by atoms with van der Waals surface area (Å²) in [6, 6.07) is 19.0. The molecule has 3 aromatic rings. The van der Waals surface area contributed by atoms with Gasteiger partial charge in [0.2, 0.25) is 0 Å². The zero-order chi connectivity index (χ0) is 18.9. The molecule has 3 heterocycles. The molecule has 6 heteroatoms. The largest absolute Gasteiger partial charge is 0.489 e. The number of fused-ring (bicyclic) bond motifs is 1. The van der Waals surface area contributed by atoms with E-state index in [4.69, 9.17) is 10.5 Å². The topological polar surface area (TPSA) is 76.3 Å². The fraction of sp³-hybridized carbons (Fsp3) is 0.273. The van der Waals surface area contributed by atoms with E-state index in [-0.39, 0.29) is 5.92 Å². The van der Waals surface area contributed by atoms with E-state index in [0.717, 1.165) is 42.3 Å². The third-order valence-corrected chi connectivity index (χ3v) is 5.60. The molecule has 0 aliphatic carbocycles. The van der Waals surface area contributed by atoms with Crippen molar-refractivity contribution in [2.24, 2.45) is 0 Å². The Morgan fingerprint density at radius 2 is 1.93 bits per heavy atom. The van der Waals surface area contributed by atoms with Crippen molar-refractivity contribution in [1.82, 2.24) is 15.3 Å². The zero-order valence-electron chi connectivity index (χ0n) is 15.6. The predicted octanol–water partition coefficient (Wildman–Crippen LogP) is 2.56. The predicted molar refractivity (Wildman–Crippen MR) is 110 cm³/mol. The number of aromatic nitrogens is 2. The van der Waals surface area contributed by atoms with Crippen LogP contribution in [-0.4, -0.2) is 35.6 Å². The van der Waals surface area contributed by atoms with E-state index in [2.05, 4.69) is 44.5 Å². The molecule has 2 aromatic carbocycles. The van der Waals surface area contributed by atoms with Gasteiger partial charge in [0.1, 0.15) is 30.3 Å². The quantitative estimate of drug-likeness (QED) is 0.716. The number of nitrogen functional groups attached to an aromatic ring is 1. The first-order chi connectivity index (χ1) is 13.8. The van der Waals surface area contributed by atoms with Crippen LogP contribution in [0.25, 0.3) is 0 Å². The number of hydrogen-bond acceptors (Lipinski definition) is 6. The molecule has 1 unspecified atom stereocenters. The van der Waals surface area contributed by atoms with Gasteiger partial charge in [-0.1, -0.05) is 42.5 Å². The molecule has 1 saturated heterocycles. The Morgan fingerprint density at radius 3 is 2.71 bits per heavy atom. The normalized spacial score (nSPS) is 18.6. The Labute approximate surface area is 164 Å². The minimum absolute atomic E-state index is 0.150. The van der Waals surface area contributed by atoms with E-state index in [1.807, 2.05) is 30.3 Å².